The van der Waals surface area contributed by atoms with Gasteiger partial charge in [-0.2, -0.15) is 0 Å². The van der Waals surface area contributed by atoms with Gasteiger partial charge in [-0.3, -0.25) is 0 Å². The molecule has 0 amide bonds. The molecule has 0 heterocycles. The van der Waals surface area contributed by atoms with Gasteiger partial charge in [0.05, 0.1) is 0 Å². The van der Waals surface area contributed by atoms with Crippen molar-refractivity contribution in [3.05, 3.63) is 35.4 Å². The smallest absolute Gasteiger partial charge is 0.0227 e. The van der Waals surface area contributed by atoms with E-state index in [1.165, 1.54) is 11.1 Å². The Hall–Kier alpha value is -0.860. The summed E-state index contributed by atoms with van der Waals surface area (Å²) in [4.78, 5) is 2.19. The molecular formula is C14H24N2. The zero-order valence-electron chi connectivity index (χ0n) is 11.0. The van der Waals surface area contributed by atoms with Crippen LogP contribution in [-0.2, 0) is 13.0 Å². The molecule has 0 fully saturated rings. The van der Waals surface area contributed by atoms with Crippen LogP contribution in [-0.4, -0.2) is 25.5 Å². The Balaban J connectivity index is 2.74. The van der Waals surface area contributed by atoms with Crippen LogP contribution in [0.2, 0.25) is 0 Å². The topological polar surface area (TPSA) is 29.3 Å². The van der Waals surface area contributed by atoms with Crippen LogP contribution >= 0.6 is 0 Å². The molecule has 2 N–H and O–H groups in total. The minimum atomic E-state index is 0.191. The maximum Gasteiger partial charge on any atom is 0.0227 e. The van der Waals surface area contributed by atoms with Gasteiger partial charge >= 0.3 is 0 Å². The van der Waals surface area contributed by atoms with E-state index in [-0.39, 0.29) is 5.41 Å². The van der Waals surface area contributed by atoms with Gasteiger partial charge in [0.1, 0.15) is 0 Å². The molecular weight excluding hydrogens is 196 g/mol. The standard InChI is InChI=1S/C14H24N2/c1-14(2,11-15)9-12-6-5-7-13(8-12)10-16(3)4/h5-8H,9-11,15H2,1-4H3. The molecule has 2 heteroatoms. The summed E-state index contributed by atoms with van der Waals surface area (Å²) in [7, 11) is 4.19. The third-order valence-electron chi connectivity index (χ3n) is 2.73. The molecule has 1 aromatic carbocycles. The Bertz CT molecular complexity index is 329. The van der Waals surface area contributed by atoms with Gasteiger partial charge in [0.15, 0.2) is 0 Å². The Labute approximate surface area is 99.5 Å². The summed E-state index contributed by atoms with van der Waals surface area (Å²) in [5.41, 5.74) is 8.71. The molecule has 2 nitrogen and oxygen atoms in total. The van der Waals surface area contributed by atoms with Crippen LogP contribution in [0.3, 0.4) is 0 Å². The first-order chi connectivity index (χ1) is 7.43. The Morgan fingerprint density at radius 1 is 1.19 bits per heavy atom. The SMILES string of the molecule is CN(C)Cc1cccc(CC(C)(C)CN)c1. The Morgan fingerprint density at radius 3 is 2.38 bits per heavy atom. The van der Waals surface area contributed by atoms with Gasteiger partial charge in [0.2, 0.25) is 0 Å². The van der Waals surface area contributed by atoms with Crippen LogP contribution in [0, 0.1) is 5.41 Å². The average molecular weight is 220 g/mol. The molecule has 0 bridgehead atoms. The minimum Gasteiger partial charge on any atom is -0.330 e. The zero-order chi connectivity index (χ0) is 12.2. The van der Waals surface area contributed by atoms with Gasteiger partial charge in [-0.15, -0.1) is 0 Å². The molecule has 1 aromatic rings. The monoisotopic (exact) mass is 220 g/mol. The molecule has 0 aliphatic rings. The van der Waals surface area contributed by atoms with Crippen molar-refractivity contribution in [2.45, 2.75) is 26.8 Å². The highest BCUT2D eigenvalue weighted by atomic mass is 15.0. The fraction of sp³-hybridized carbons (Fsp3) is 0.571. The highest BCUT2D eigenvalue weighted by molar-refractivity contribution is 5.24. The first-order valence-corrected chi connectivity index (χ1v) is 5.85. The van der Waals surface area contributed by atoms with E-state index in [2.05, 4.69) is 57.1 Å². The highest BCUT2D eigenvalue weighted by Crippen LogP contribution is 2.21. The second kappa shape index (κ2) is 5.46. The van der Waals surface area contributed by atoms with E-state index in [4.69, 9.17) is 5.73 Å². The summed E-state index contributed by atoms with van der Waals surface area (Å²) in [6.45, 7) is 6.15. The number of nitrogens with two attached hydrogens (primary N) is 1. The third kappa shape index (κ3) is 4.33. The highest BCUT2D eigenvalue weighted by Gasteiger charge is 2.16. The number of hydrogen-bond acceptors (Lipinski definition) is 2. The van der Waals surface area contributed by atoms with E-state index in [1.54, 1.807) is 0 Å². The molecule has 0 unspecified atom stereocenters. The van der Waals surface area contributed by atoms with E-state index in [0.29, 0.717) is 0 Å². The molecule has 0 aliphatic carbocycles. The van der Waals surface area contributed by atoms with Crippen LogP contribution in [0.1, 0.15) is 25.0 Å². The quantitative estimate of drug-likeness (QED) is 0.825. The van der Waals surface area contributed by atoms with Gasteiger partial charge in [-0.1, -0.05) is 38.1 Å². The first kappa shape index (κ1) is 13.2. The van der Waals surface area contributed by atoms with Crippen LogP contribution < -0.4 is 5.73 Å². The lowest BCUT2D eigenvalue weighted by Gasteiger charge is -2.22. The Morgan fingerprint density at radius 2 is 1.81 bits per heavy atom. The number of rotatable bonds is 5. The van der Waals surface area contributed by atoms with Crippen molar-refractivity contribution in [1.29, 1.82) is 0 Å². The largest absolute Gasteiger partial charge is 0.330 e. The maximum absolute atomic E-state index is 5.76. The lowest BCUT2D eigenvalue weighted by Crippen LogP contribution is -2.26. The van der Waals surface area contributed by atoms with Crippen molar-refractivity contribution in [3.8, 4) is 0 Å². The van der Waals surface area contributed by atoms with Gasteiger partial charge in [0, 0.05) is 6.54 Å². The predicted molar refractivity (Wildman–Crippen MR) is 70.4 cm³/mol. The van der Waals surface area contributed by atoms with Gasteiger partial charge < -0.3 is 10.6 Å². The lowest BCUT2D eigenvalue weighted by molar-refractivity contribution is 0.375. The van der Waals surface area contributed by atoms with E-state index >= 15 is 0 Å². The third-order valence-corrected chi connectivity index (χ3v) is 2.73. The van der Waals surface area contributed by atoms with E-state index in [1.807, 2.05) is 0 Å². The average Bonchev–Trinajstić information content (AvgIpc) is 2.16. The Kier molecular flexibility index (Phi) is 4.51. The molecule has 0 radical (unpaired) electrons. The summed E-state index contributed by atoms with van der Waals surface area (Å²) in [6, 6.07) is 8.80. The molecule has 16 heavy (non-hydrogen) atoms. The minimum absolute atomic E-state index is 0.191. The normalized spacial score (nSPS) is 12.1. The van der Waals surface area contributed by atoms with Crippen molar-refractivity contribution in [2.24, 2.45) is 11.1 Å². The molecule has 0 saturated heterocycles. The molecule has 0 aliphatic heterocycles. The van der Waals surface area contributed by atoms with Crippen LogP contribution in [0.25, 0.3) is 0 Å². The first-order valence-electron chi connectivity index (χ1n) is 5.85. The molecule has 0 spiro atoms. The predicted octanol–water partition coefficient (Wildman–Crippen LogP) is 2.28. The van der Waals surface area contributed by atoms with Crippen molar-refractivity contribution in [2.75, 3.05) is 20.6 Å². The summed E-state index contributed by atoms with van der Waals surface area (Å²) in [5, 5.41) is 0. The maximum atomic E-state index is 5.76. The van der Waals surface area contributed by atoms with Crippen molar-refractivity contribution >= 4 is 0 Å². The molecule has 0 aromatic heterocycles. The second-order valence-corrected chi connectivity index (χ2v) is 5.60. The number of benzene rings is 1. The summed E-state index contributed by atoms with van der Waals surface area (Å²) < 4.78 is 0. The van der Waals surface area contributed by atoms with Crippen molar-refractivity contribution < 1.29 is 0 Å². The fourth-order valence-electron chi connectivity index (χ4n) is 1.83. The zero-order valence-corrected chi connectivity index (χ0v) is 11.0. The molecule has 90 valence electrons. The van der Waals surface area contributed by atoms with E-state index in [9.17, 15) is 0 Å². The van der Waals surface area contributed by atoms with Crippen LogP contribution in [0.4, 0.5) is 0 Å². The molecule has 0 atom stereocenters. The van der Waals surface area contributed by atoms with E-state index < -0.39 is 0 Å². The van der Waals surface area contributed by atoms with Gasteiger partial charge in [0.25, 0.3) is 0 Å². The fourth-order valence-corrected chi connectivity index (χ4v) is 1.83. The van der Waals surface area contributed by atoms with Crippen LogP contribution in [0.5, 0.6) is 0 Å². The second-order valence-electron chi connectivity index (χ2n) is 5.60. The lowest BCUT2D eigenvalue weighted by atomic mass is 9.85. The van der Waals surface area contributed by atoms with Crippen molar-refractivity contribution in [1.82, 2.24) is 4.90 Å². The van der Waals surface area contributed by atoms with Crippen LogP contribution in [0.15, 0.2) is 24.3 Å². The molecule has 0 saturated carbocycles. The molecule has 1 rings (SSSR count). The number of hydrogen-bond donors (Lipinski definition) is 1. The summed E-state index contributed by atoms with van der Waals surface area (Å²) >= 11 is 0. The van der Waals surface area contributed by atoms with Gasteiger partial charge in [-0.25, -0.2) is 0 Å². The summed E-state index contributed by atoms with van der Waals surface area (Å²) in [6.07, 6.45) is 1.05. The van der Waals surface area contributed by atoms with E-state index in [0.717, 1.165) is 19.5 Å². The summed E-state index contributed by atoms with van der Waals surface area (Å²) in [5.74, 6) is 0. The number of nitrogens with zero attached hydrogens (tertiary/aromatic N) is 1. The van der Waals surface area contributed by atoms with Crippen molar-refractivity contribution in [3.63, 3.8) is 0 Å². The van der Waals surface area contributed by atoms with Gasteiger partial charge in [-0.05, 0) is 43.6 Å².